The number of carbonyl (C=O) groups is 1. The van der Waals surface area contributed by atoms with Crippen LogP contribution in [-0.2, 0) is 16.0 Å². The van der Waals surface area contributed by atoms with Crippen molar-refractivity contribution in [2.24, 2.45) is 0 Å². The molecule has 0 aliphatic carbocycles. The van der Waals surface area contributed by atoms with Gasteiger partial charge in [0, 0.05) is 17.8 Å². The van der Waals surface area contributed by atoms with Crippen molar-refractivity contribution in [2.75, 3.05) is 20.2 Å². The molecule has 0 atom stereocenters. The van der Waals surface area contributed by atoms with Gasteiger partial charge >= 0.3 is 5.97 Å². The molecular formula is C11H18N2O2. The normalized spacial score (nSPS) is 10.3. The van der Waals surface area contributed by atoms with E-state index in [1.54, 1.807) is 7.05 Å². The van der Waals surface area contributed by atoms with Crippen LogP contribution in [0.5, 0.6) is 0 Å². The number of carbonyl (C=O) groups excluding carboxylic acids is 1. The Morgan fingerprint density at radius 3 is 2.80 bits per heavy atom. The smallest absolute Gasteiger partial charge is 0.319 e. The predicted octanol–water partition coefficient (Wildman–Crippen LogP) is 0.937. The van der Waals surface area contributed by atoms with Crippen molar-refractivity contribution >= 4 is 5.97 Å². The van der Waals surface area contributed by atoms with Gasteiger partial charge in [0.05, 0.1) is 13.2 Å². The Morgan fingerprint density at radius 1 is 1.53 bits per heavy atom. The van der Waals surface area contributed by atoms with Crippen molar-refractivity contribution in [3.05, 3.63) is 23.0 Å². The third kappa shape index (κ3) is 3.75. The summed E-state index contributed by atoms with van der Waals surface area (Å²) in [5.74, 6) is -0.206. The summed E-state index contributed by atoms with van der Waals surface area (Å²) in [5, 5.41) is 2.75. The van der Waals surface area contributed by atoms with Gasteiger partial charge in [-0.15, -0.1) is 0 Å². The fraction of sp³-hybridized carbons (Fsp3) is 0.545. The highest BCUT2D eigenvalue weighted by Crippen LogP contribution is 2.09. The Hall–Kier alpha value is -1.29. The van der Waals surface area contributed by atoms with E-state index in [9.17, 15) is 4.79 Å². The number of aryl methyl sites for hydroxylation is 2. The molecule has 4 heteroatoms. The fourth-order valence-corrected chi connectivity index (χ4v) is 1.51. The predicted molar refractivity (Wildman–Crippen MR) is 58.9 cm³/mol. The van der Waals surface area contributed by atoms with Crippen LogP contribution >= 0.6 is 0 Å². The molecule has 0 bridgehead atoms. The molecule has 1 heterocycles. The third-order valence-electron chi connectivity index (χ3n) is 2.21. The van der Waals surface area contributed by atoms with Gasteiger partial charge in [-0.25, -0.2) is 0 Å². The Morgan fingerprint density at radius 2 is 2.27 bits per heavy atom. The number of rotatable bonds is 5. The van der Waals surface area contributed by atoms with Crippen LogP contribution in [0.3, 0.4) is 0 Å². The first-order valence-corrected chi connectivity index (χ1v) is 5.08. The third-order valence-corrected chi connectivity index (χ3v) is 2.21. The first kappa shape index (κ1) is 11.8. The number of hydrogen-bond acceptors (Lipinski definition) is 3. The van der Waals surface area contributed by atoms with Crippen LogP contribution in [0.25, 0.3) is 0 Å². The molecule has 1 aromatic heterocycles. The van der Waals surface area contributed by atoms with Crippen molar-refractivity contribution in [1.29, 1.82) is 0 Å². The van der Waals surface area contributed by atoms with Crippen molar-refractivity contribution in [2.45, 2.75) is 20.3 Å². The van der Waals surface area contributed by atoms with Crippen molar-refractivity contribution < 1.29 is 9.53 Å². The standard InChI is InChI=1S/C11H18N2O2/c1-8-6-10(9(2)13-8)4-5-15-11(14)7-12-3/h6,12-13H,4-5,7H2,1-3H3. The molecule has 1 rings (SSSR count). The molecule has 0 aliphatic heterocycles. The van der Waals surface area contributed by atoms with Gasteiger partial charge < -0.3 is 15.0 Å². The molecule has 15 heavy (non-hydrogen) atoms. The number of likely N-dealkylation sites (N-methyl/N-ethyl adjacent to an activating group) is 1. The maximum atomic E-state index is 11.0. The highest BCUT2D eigenvalue weighted by molar-refractivity contribution is 5.71. The summed E-state index contributed by atoms with van der Waals surface area (Å²) in [6.45, 7) is 4.76. The Labute approximate surface area is 90.0 Å². The summed E-state index contributed by atoms with van der Waals surface area (Å²) in [7, 11) is 1.72. The zero-order valence-electron chi connectivity index (χ0n) is 9.52. The van der Waals surface area contributed by atoms with Crippen LogP contribution in [0.1, 0.15) is 17.0 Å². The van der Waals surface area contributed by atoms with Gasteiger partial charge in [-0.3, -0.25) is 4.79 Å². The molecule has 0 saturated carbocycles. The summed E-state index contributed by atoms with van der Waals surface area (Å²) < 4.78 is 5.04. The van der Waals surface area contributed by atoms with Crippen molar-refractivity contribution in [3.8, 4) is 0 Å². The second-order valence-electron chi connectivity index (χ2n) is 3.60. The quantitative estimate of drug-likeness (QED) is 0.711. The van der Waals surface area contributed by atoms with Crippen LogP contribution in [0.15, 0.2) is 6.07 Å². The molecule has 4 nitrogen and oxygen atoms in total. The van der Waals surface area contributed by atoms with E-state index < -0.39 is 0 Å². The van der Waals surface area contributed by atoms with Gasteiger partial charge in [0.1, 0.15) is 0 Å². The van der Waals surface area contributed by atoms with Crippen LogP contribution < -0.4 is 5.32 Å². The molecule has 0 spiro atoms. The summed E-state index contributed by atoms with van der Waals surface area (Å²) >= 11 is 0. The van der Waals surface area contributed by atoms with Gasteiger partial charge in [-0.1, -0.05) is 0 Å². The van der Waals surface area contributed by atoms with E-state index in [1.165, 1.54) is 5.56 Å². The summed E-state index contributed by atoms with van der Waals surface area (Å²) in [5.41, 5.74) is 3.51. The molecule has 84 valence electrons. The van der Waals surface area contributed by atoms with Gasteiger partial charge in [-0.05, 0) is 32.5 Å². The number of aromatic amines is 1. The van der Waals surface area contributed by atoms with Crippen LogP contribution in [0, 0.1) is 13.8 Å². The molecular weight excluding hydrogens is 192 g/mol. The minimum absolute atomic E-state index is 0.206. The van der Waals surface area contributed by atoms with E-state index in [4.69, 9.17) is 4.74 Å². The minimum atomic E-state index is -0.206. The summed E-state index contributed by atoms with van der Waals surface area (Å²) in [6.07, 6.45) is 0.769. The Bertz CT molecular complexity index is 331. The second kappa shape index (κ2) is 5.56. The Kier molecular flexibility index (Phi) is 4.37. The highest BCUT2D eigenvalue weighted by Gasteiger charge is 2.04. The first-order valence-electron chi connectivity index (χ1n) is 5.08. The van der Waals surface area contributed by atoms with Crippen LogP contribution in [0.4, 0.5) is 0 Å². The van der Waals surface area contributed by atoms with E-state index in [1.807, 2.05) is 13.8 Å². The van der Waals surface area contributed by atoms with Crippen LogP contribution in [-0.4, -0.2) is 31.2 Å². The number of ether oxygens (including phenoxy) is 1. The molecule has 1 aromatic rings. The van der Waals surface area contributed by atoms with E-state index in [0.29, 0.717) is 6.61 Å². The molecule has 0 amide bonds. The zero-order valence-corrected chi connectivity index (χ0v) is 9.52. The van der Waals surface area contributed by atoms with Gasteiger partial charge in [0.15, 0.2) is 0 Å². The molecule has 0 unspecified atom stereocenters. The minimum Gasteiger partial charge on any atom is -0.464 e. The van der Waals surface area contributed by atoms with Crippen molar-refractivity contribution in [3.63, 3.8) is 0 Å². The van der Waals surface area contributed by atoms with E-state index in [0.717, 1.165) is 17.8 Å². The number of H-pyrrole nitrogens is 1. The Balaban J connectivity index is 2.31. The molecule has 0 saturated heterocycles. The molecule has 2 N–H and O–H groups in total. The molecule has 0 aliphatic rings. The SMILES string of the molecule is CNCC(=O)OCCc1cc(C)[nH]c1C. The number of hydrogen-bond donors (Lipinski definition) is 2. The number of esters is 1. The monoisotopic (exact) mass is 210 g/mol. The largest absolute Gasteiger partial charge is 0.464 e. The maximum Gasteiger partial charge on any atom is 0.319 e. The summed E-state index contributed by atoms with van der Waals surface area (Å²) in [4.78, 5) is 14.2. The average Bonchev–Trinajstić information content (AvgIpc) is 2.46. The lowest BCUT2D eigenvalue weighted by molar-refractivity contribution is -0.142. The topological polar surface area (TPSA) is 54.1 Å². The number of aromatic nitrogens is 1. The van der Waals surface area contributed by atoms with Gasteiger partial charge in [-0.2, -0.15) is 0 Å². The van der Waals surface area contributed by atoms with E-state index >= 15 is 0 Å². The number of nitrogens with one attached hydrogen (secondary N) is 2. The lowest BCUT2D eigenvalue weighted by Crippen LogP contribution is -2.21. The fourth-order valence-electron chi connectivity index (χ4n) is 1.51. The molecule has 0 radical (unpaired) electrons. The van der Waals surface area contributed by atoms with Crippen molar-refractivity contribution in [1.82, 2.24) is 10.3 Å². The second-order valence-corrected chi connectivity index (χ2v) is 3.60. The maximum absolute atomic E-state index is 11.0. The van der Waals surface area contributed by atoms with Gasteiger partial charge in [0.25, 0.3) is 0 Å². The zero-order chi connectivity index (χ0) is 11.3. The average molecular weight is 210 g/mol. The lowest BCUT2D eigenvalue weighted by Gasteiger charge is -2.03. The van der Waals surface area contributed by atoms with Crippen LogP contribution in [0.2, 0.25) is 0 Å². The summed E-state index contributed by atoms with van der Waals surface area (Å²) in [6, 6.07) is 2.08. The van der Waals surface area contributed by atoms with E-state index in [2.05, 4.69) is 16.4 Å². The highest BCUT2D eigenvalue weighted by atomic mass is 16.5. The first-order chi connectivity index (χ1) is 7.13. The van der Waals surface area contributed by atoms with E-state index in [-0.39, 0.29) is 12.5 Å². The molecule has 0 aromatic carbocycles. The van der Waals surface area contributed by atoms with Gasteiger partial charge in [0.2, 0.25) is 0 Å². The lowest BCUT2D eigenvalue weighted by atomic mass is 10.2. The molecule has 0 fully saturated rings.